The Labute approximate surface area is 210 Å². The fourth-order valence-electron chi connectivity index (χ4n) is 5.44. The van der Waals surface area contributed by atoms with E-state index >= 15 is 0 Å². The van der Waals surface area contributed by atoms with E-state index in [9.17, 15) is 4.79 Å². The fourth-order valence-corrected chi connectivity index (χ4v) is 5.44. The summed E-state index contributed by atoms with van der Waals surface area (Å²) in [6.45, 7) is 11.3. The number of carbonyl (C=O) groups excluding carboxylic acids is 1. The van der Waals surface area contributed by atoms with Gasteiger partial charge in [0.25, 0.3) is 0 Å². The Bertz CT molecular complexity index is 1190. The van der Waals surface area contributed by atoms with Gasteiger partial charge in [-0.15, -0.1) is 0 Å². The molecule has 1 aliphatic carbocycles. The highest BCUT2D eigenvalue weighted by molar-refractivity contribution is 6.02. The molecule has 0 aliphatic heterocycles. The zero-order valence-electron chi connectivity index (χ0n) is 22.2. The van der Waals surface area contributed by atoms with Crippen molar-refractivity contribution in [2.45, 2.75) is 72.6 Å². The lowest BCUT2D eigenvalue weighted by atomic mass is 9.78. The van der Waals surface area contributed by atoms with Crippen LogP contribution in [-0.4, -0.2) is 24.5 Å². The molecule has 1 aliphatic rings. The maximum absolute atomic E-state index is 13.6. The number of aryl methyl sites for hydroxylation is 2. The van der Waals surface area contributed by atoms with Gasteiger partial charge in [-0.3, -0.25) is 9.69 Å². The summed E-state index contributed by atoms with van der Waals surface area (Å²) in [5.41, 5.74) is 3.76. The summed E-state index contributed by atoms with van der Waals surface area (Å²) < 4.78 is 5.44. The summed E-state index contributed by atoms with van der Waals surface area (Å²) >= 11 is 0. The Balaban J connectivity index is 1.54. The summed E-state index contributed by atoms with van der Waals surface area (Å²) in [7, 11) is 1.73. The molecule has 1 fully saturated rings. The molecule has 4 nitrogen and oxygen atoms in total. The van der Waals surface area contributed by atoms with Gasteiger partial charge in [0.2, 0.25) is 5.91 Å². The largest absolute Gasteiger partial charge is 0.496 e. The van der Waals surface area contributed by atoms with Crippen LogP contribution in [0.4, 0.5) is 5.82 Å². The fraction of sp³-hybridized carbons (Fsp3) is 0.484. The van der Waals surface area contributed by atoms with Crippen molar-refractivity contribution >= 4 is 22.5 Å². The number of nitrogens with zero attached hydrogens (tertiary/aromatic N) is 2. The zero-order chi connectivity index (χ0) is 25.2. The molecule has 1 amide bonds. The second-order valence-electron chi connectivity index (χ2n) is 11.5. The van der Waals surface area contributed by atoms with Crippen molar-refractivity contribution in [3.63, 3.8) is 0 Å². The van der Waals surface area contributed by atoms with Crippen LogP contribution in [-0.2, 0) is 4.79 Å². The first kappa shape index (κ1) is 25.2. The molecule has 0 bridgehead atoms. The predicted molar refractivity (Wildman–Crippen MR) is 145 cm³/mol. The minimum Gasteiger partial charge on any atom is -0.496 e. The number of carbonyl (C=O) groups is 1. The first-order chi connectivity index (χ1) is 16.6. The summed E-state index contributed by atoms with van der Waals surface area (Å²) in [5.74, 6) is 2.99. The second-order valence-corrected chi connectivity index (χ2v) is 11.5. The summed E-state index contributed by atoms with van der Waals surface area (Å²) in [5, 5.41) is 2.20. The van der Waals surface area contributed by atoms with Crippen molar-refractivity contribution in [1.29, 1.82) is 0 Å². The van der Waals surface area contributed by atoms with Crippen molar-refractivity contribution in [1.82, 2.24) is 4.98 Å². The van der Waals surface area contributed by atoms with E-state index in [0.717, 1.165) is 54.6 Å². The quantitative estimate of drug-likeness (QED) is 0.371. The van der Waals surface area contributed by atoms with E-state index in [-0.39, 0.29) is 11.3 Å². The van der Waals surface area contributed by atoms with Crippen molar-refractivity contribution in [3.05, 3.63) is 65.4 Å². The Morgan fingerprint density at radius 1 is 1.03 bits per heavy atom. The molecule has 0 saturated heterocycles. The van der Waals surface area contributed by atoms with Gasteiger partial charge >= 0.3 is 0 Å². The molecule has 4 heteroatoms. The van der Waals surface area contributed by atoms with Crippen molar-refractivity contribution < 1.29 is 9.53 Å². The molecule has 35 heavy (non-hydrogen) atoms. The normalized spacial score (nSPS) is 18.5. The van der Waals surface area contributed by atoms with Gasteiger partial charge < -0.3 is 4.74 Å². The molecule has 0 unspecified atom stereocenters. The first-order valence-electron chi connectivity index (χ1n) is 12.9. The van der Waals surface area contributed by atoms with E-state index in [1.54, 1.807) is 7.11 Å². The topological polar surface area (TPSA) is 42.4 Å². The smallest absolute Gasteiger partial charge is 0.228 e. The lowest BCUT2D eigenvalue weighted by Crippen LogP contribution is -2.39. The first-order valence-corrected chi connectivity index (χ1v) is 12.9. The van der Waals surface area contributed by atoms with Crippen molar-refractivity contribution in [2.75, 3.05) is 18.6 Å². The maximum Gasteiger partial charge on any atom is 0.228 e. The molecule has 4 rings (SSSR count). The molecule has 3 aromatic rings. The Kier molecular flexibility index (Phi) is 7.49. The molecule has 1 saturated carbocycles. The number of ether oxygens (including phenoxy) is 1. The minimum atomic E-state index is -0.0691. The summed E-state index contributed by atoms with van der Waals surface area (Å²) in [4.78, 5) is 20.3. The molecule has 186 valence electrons. The molecule has 0 N–H and O–H groups in total. The van der Waals surface area contributed by atoms with Crippen LogP contribution >= 0.6 is 0 Å². The Hall–Kier alpha value is -2.88. The van der Waals surface area contributed by atoms with Crippen LogP contribution in [0.25, 0.3) is 10.8 Å². The van der Waals surface area contributed by atoms with Crippen molar-refractivity contribution in [2.24, 2.45) is 11.3 Å². The van der Waals surface area contributed by atoms with Gasteiger partial charge in [0.05, 0.1) is 7.11 Å². The third kappa shape index (κ3) is 6.04. The lowest BCUT2D eigenvalue weighted by Gasteiger charge is -2.34. The molecular formula is C31H40N2O2. The van der Waals surface area contributed by atoms with Crippen LogP contribution in [0.1, 0.15) is 75.5 Å². The average Bonchev–Trinajstić information content (AvgIpc) is 2.81. The Morgan fingerprint density at radius 2 is 1.77 bits per heavy atom. The van der Waals surface area contributed by atoms with Gasteiger partial charge in [0.1, 0.15) is 11.6 Å². The maximum atomic E-state index is 13.6. The van der Waals surface area contributed by atoms with Gasteiger partial charge in [0.15, 0.2) is 0 Å². The van der Waals surface area contributed by atoms with Gasteiger partial charge in [-0.25, -0.2) is 4.98 Å². The number of anilines is 1. The highest BCUT2D eigenvalue weighted by Crippen LogP contribution is 2.38. The molecule has 1 heterocycles. The van der Waals surface area contributed by atoms with Gasteiger partial charge in [-0.2, -0.15) is 0 Å². The number of amides is 1. The van der Waals surface area contributed by atoms with Crippen LogP contribution in [0.5, 0.6) is 5.75 Å². The average molecular weight is 473 g/mol. The van der Waals surface area contributed by atoms with E-state index in [2.05, 4.69) is 71.0 Å². The predicted octanol–water partition coefficient (Wildman–Crippen LogP) is 7.60. The highest BCUT2D eigenvalue weighted by atomic mass is 16.5. The third-order valence-corrected chi connectivity index (χ3v) is 7.31. The van der Waals surface area contributed by atoms with Crippen LogP contribution in [0.2, 0.25) is 0 Å². The number of hydrogen-bond donors (Lipinski definition) is 0. The molecule has 1 aromatic heterocycles. The van der Waals surface area contributed by atoms with Crippen molar-refractivity contribution in [3.8, 4) is 5.75 Å². The number of rotatable bonds is 6. The van der Waals surface area contributed by atoms with E-state index in [4.69, 9.17) is 9.72 Å². The standard InChI is InChI=1S/C31H40N2O2/c1-21-7-13-27-26(17-21)15-16-32-30(27)33(29(34)19-31(3,4)5)20-23-8-10-24(11-9-23)25-12-14-28(35-6)22(2)18-25/h7,12-18,23-24H,8-11,19-20H2,1-6H3/t23-,24-. The summed E-state index contributed by atoms with van der Waals surface area (Å²) in [6.07, 6.45) is 6.91. The second kappa shape index (κ2) is 10.4. The van der Waals surface area contributed by atoms with E-state index in [1.165, 1.54) is 16.7 Å². The number of methoxy groups -OCH3 is 1. The Morgan fingerprint density at radius 3 is 2.43 bits per heavy atom. The highest BCUT2D eigenvalue weighted by Gasteiger charge is 2.29. The van der Waals surface area contributed by atoms with E-state index < -0.39 is 0 Å². The van der Waals surface area contributed by atoms with Crippen LogP contribution in [0, 0.1) is 25.2 Å². The molecular weight excluding hydrogens is 432 g/mol. The molecule has 0 radical (unpaired) electrons. The molecule has 2 aromatic carbocycles. The number of pyridine rings is 1. The molecule has 0 atom stereocenters. The zero-order valence-corrected chi connectivity index (χ0v) is 22.2. The van der Waals surface area contributed by atoms with E-state index in [0.29, 0.717) is 18.3 Å². The van der Waals surface area contributed by atoms with Gasteiger partial charge in [-0.1, -0.05) is 56.7 Å². The third-order valence-electron chi connectivity index (χ3n) is 7.31. The van der Waals surface area contributed by atoms with Crippen LogP contribution in [0.15, 0.2) is 48.7 Å². The lowest BCUT2D eigenvalue weighted by molar-refractivity contribution is -0.120. The van der Waals surface area contributed by atoms with Gasteiger partial charge in [0, 0.05) is 24.5 Å². The summed E-state index contributed by atoms with van der Waals surface area (Å²) in [6, 6.07) is 15.0. The number of fused-ring (bicyclic) bond motifs is 1. The SMILES string of the molecule is COc1ccc([C@H]2CC[C@H](CN(C(=O)CC(C)(C)C)c3nccc4cc(C)ccc34)CC2)cc1C. The van der Waals surface area contributed by atoms with Gasteiger partial charge in [-0.05, 0) is 85.4 Å². The minimum absolute atomic E-state index is 0.0691. The van der Waals surface area contributed by atoms with Crippen LogP contribution in [0.3, 0.4) is 0 Å². The monoisotopic (exact) mass is 472 g/mol. The number of hydrogen-bond acceptors (Lipinski definition) is 3. The number of aromatic nitrogens is 1. The van der Waals surface area contributed by atoms with E-state index in [1.807, 2.05) is 17.2 Å². The molecule has 0 spiro atoms. The number of benzene rings is 2. The van der Waals surface area contributed by atoms with Crippen LogP contribution < -0.4 is 9.64 Å².